The van der Waals surface area contributed by atoms with E-state index in [-0.39, 0.29) is 6.04 Å². The van der Waals surface area contributed by atoms with E-state index < -0.39 is 0 Å². The number of nitrogens with one attached hydrogen (secondary N) is 1. The zero-order valence-corrected chi connectivity index (χ0v) is 14.1. The first-order valence-electron chi connectivity index (χ1n) is 6.84. The van der Waals surface area contributed by atoms with Crippen LogP contribution >= 0.6 is 27.5 Å². The Hall–Kier alpha value is -0.830. The summed E-state index contributed by atoms with van der Waals surface area (Å²) in [5, 5.41) is 4.31. The summed E-state index contributed by atoms with van der Waals surface area (Å²) in [6.07, 6.45) is 0.968. The maximum Gasteiger partial charge on any atom is 0.0417 e. The third-order valence-corrected chi connectivity index (χ3v) is 4.23. The van der Waals surface area contributed by atoms with Gasteiger partial charge in [-0.3, -0.25) is 0 Å². The normalized spacial score (nSPS) is 12.4. The molecule has 2 aromatic carbocycles. The molecule has 0 heterocycles. The van der Waals surface area contributed by atoms with Gasteiger partial charge in [0.2, 0.25) is 0 Å². The molecule has 1 N–H and O–H groups in total. The molecule has 1 unspecified atom stereocenters. The van der Waals surface area contributed by atoms with E-state index in [0.29, 0.717) is 0 Å². The summed E-state index contributed by atoms with van der Waals surface area (Å²) >= 11 is 9.65. The minimum atomic E-state index is 0.286. The largest absolute Gasteiger partial charge is 0.310 e. The fraction of sp³-hybridized carbons (Fsp3) is 0.294. The van der Waals surface area contributed by atoms with Crippen molar-refractivity contribution in [1.82, 2.24) is 5.32 Å². The van der Waals surface area contributed by atoms with Crippen LogP contribution in [0.5, 0.6) is 0 Å². The Bertz CT molecular complexity index is 583. The first kappa shape index (κ1) is 15.6. The van der Waals surface area contributed by atoms with Crippen molar-refractivity contribution in [3.05, 3.63) is 68.7 Å². The van der Waals surface area contributed by atoms with Crippen LogP contribution in [0.3, 0.4) is 0 Å². The van der Waals surface area contributed by atoms with Crippen LogP contribution < -0.4 is 5.32 Å². The van der Waals surface area contributed by atoms with Crippen LogP contribution in [-0.4, -0.2) is 6.54 Å². The minimum Gasteiger partial charge on any atom is -0.310 e. The second-order valence-corrected chi connectivity index (χ2v) is 6.26. The number of rotatable bonds is 5. The first-order valence-corrected chi connectivity index (χ1v) is 8.01. The van der Waals surface area contributed by atoms with E-state index in [9.17, 15) is 0 Å². The highest BCUT2D eigenvalue weighted by atomic mass is 79.9. The molecule has 3 heteroatoms. The molecule has 0 amide bonds. The quantitative estimate of drug-likeness (QED) is 0.769. The van der Waals surface area contributed by atoms with Crippen molar-refractivity contribution in [3.8, 4) is 0 Å². The molecule has 0 saturated carbocycles. The predicted molar refractivity (Wildman–Crippen MR) is 90.5 cm³/mol. The Morgan fingerprint density at radius 1 is 1.20 bits per heavy atom. The zero-order valence-electron chi connectivity index (χ0n) is 11.8. The van der Waals surface area contributed by atoms with Crippen LogP contribution in [0.4, 0.5) is 0 Å². The third kappa shape index (κ3) is 4.08. The molecule has 106 valence electrons. The summed E-state index contributed by atoms with van der Waals surface area (Å²) in [6, 6.07) is 15.0. The van der Waals surface area contributed by atoms with Gasteiger partial charge in [0.05, 0.1) is 0 Å². The average molecular weight is 353 g/mol. The lowest BCUT2D eigenvalue weighted by Crippen LogP contribution is -2.23. The predicted octanol–water partition coefficient (Wildman–Crippen LogP) is 5.30. The topological polar surface area (TPSA) is 12.0 Å². The lowest BCUT2D eigenvalue weighted by Gasteiger charge is -2.20. The van der Waals surface area contributed by atoms with Gasteiger partial charge in [-0.25, -0.2) is 0 Å². The fourth-order valence-electron chi connectivity index (χ4n) is 2.40. The summed E-state index contributed by atoms with van der Waals surface area (Å²) < 4.78 is 1.06. The van der Waals surface area contributed by atoms with E-state index in [4.69, 9.17) is 11.6 Å². The van der Waals surface area contributed by atoms with Crippen LogP contribution in [0.2, 0.25) is 5.02 Å². The first-order chi connectivity index (χ1) is 9.60. The highest BCUT2D eigenvalue weighted by Gasteiger charge is 2.14. The summed E-state index contributed by atoms with van der Waals surface area (Å²) in [4.78, 5) is 0. The molecule has 0 spiro atoms. The second-order valence-electron chi connectivity index (χ2n) is 4.97. The summed E-state index contributed by atoms with van der Waals surface area (Å²) in [6.45, 7) is 5.20. The Balaban J connectivity index is 2.26. The SMILES string of the molecule is CCNC(Cc1cccc(C)c1)c1ccc(Cl)cc1Br. The summed E-state index contributed by atoms with van der Waals surface area (Å²) in [5.41, 5.74) is 3.89. The monoisotopic (exact) mass is 351 g/mol. The van der Waals surface area contributed by atoms with E-state index in [1.54, 1.807) is 0 Å². The number of halogens is 2. The van der Waals surface area contributed by atoms with Gasteiger partial charge in [0.1, 0.15) is 0 Å². The third-order valence-electron chi connectivity index (χ3n) is 3.31. The number of hydrogen-bond donors (Lipinski definition) is 1. The lowest BCUT2D eigenvalue weighted by molar-refractivity contribution is 0.548. The Kier molecular flexibility index (Phi) is 5.64. The van der Waals surface area contributed by atoms with Crippen LogP contribution in [-0.2, 0) is 6.42 Å². The molecule has 0 bridgehead atoms. The van der Waals surface area contributed by atoms with Crippen LogP contribution in [0.1, 0.15) is 29.7 Å². The van der Waals surface area contributed by atoms with E-state index in [0.717, 1.165) is 22.5 Å². The van der Waals surface area contributed by atoms with Crippen molar-refractivity contribution in [2.75, 3.05) is 6.54 Å². The zero-order chi connectivity index (χ0) is 14.5. The van der Waals surface area contributed by atoms with Gasteiger partial charge < -0.3 is 5.32 Å². The highest BCUT2D eigenvalue weighted by molar-refractivity contribution is 9.10. The summed E-state index contributed by atoms with van der Waals surface area (Å²) in [5.74, 6) is 0. The van der Waals surface area contributed by atoms with Gasteiger partial charge in [-0.05, 0) is 43.1 Å². The van der Waals surface area contributed by atoms with Crippen molar-refractivity contribution in [2.45, 2.75) is 26.3 Å². The molecular formula is C17H19BrClN. The molecule has 0 fully saturated rings. The molecule has 1 atom stereocenters. The van der Waals surface area contributed by atoms with Gasteiger partial charge >= 0.3 is 0 Å². The van der Waals surface area contributed by atoms with Crippen molar-refractivity contribution >= 4 is 27.5 Å². The van der Waals surface area contributed by atoms with Crippen molar-refractivity contribution in [1.29, 1.82) is 0 Å². The van der Waals surface area contributed by atoms with Gasteiger partial charge in [0.15, 0.2) is 0 Å². The average Bonchev–Trinajstić information content (AvgIpc) is 2.38. The standard InChI is InChI=1S/C17H19BrClN/c1-3-20-17(10-13-6-4-5-12(2)9-13)15-8-7-14(19)11-16(15)18/h4-9,11,17,20H,3,10H2,1-2H3. The van der Waals surface area contributed by atoms with E-state index in [1.165, 1.54) is 16.7 Å². The van der Waals surface area contributed by atoms with Crippen molar-refractivity contribution in [2.24, 2.45) is 0 Å². The van der Waals surface area contributed by atoms with E-state index in [1.807, 2.05) is 12.1 Å². The maximum absolute atomic E-state index is 6.03. The molecule has 0 aromatic heterocycles. The van der Waals surface area contributed by atoms with E-state index >= 15 is 0 Å². The van der Waals surface area contributed by atoms with Crippen LogP contribution in [0.25, 0.3) is 0 Å². The second kappa shape index (κ2) is 7.26. The van der Waals surface area contributed by atoms with Crippen molar-refractivity contribution in [3.63, 3.8) is 0 Å². The number of hydrogen-bond acceptors (Lipinski definition) is 1. The van der Waals surface area contributed by atoms with E-state index in [2.05, 4.69) is 65.4 Å². The molecule has 1 nitrogen and oxygen atoms in total. The van der Waals surface area contributed by atoms with Gasteiger partial charge in [0.25, 0.3) is 0 Å². The maximum atomic E-state index is 6.03. The van der Waals surface area contributed by atoms with Crippen LogP contribution in [0.15, 0.2) is 46.9 Å². The minimum absolute atomic E-state index is 0.286. The molecule has 0 aliphatic carbocycles. The Morgan fingerprint density at radius 3 is 2.65 bits per heavy atom. The number of likely N-dealkylation sites (N-methyl/N-ethyl adjacent to an activating group) is 1. The van der Waals surface area contributed by atoms with Gasteiger partial charge in [-0.1, -0.05) is 70.3 Å². The molecule has 0 saturated heterocycles. The smallest absolute Gasteiger partial charge is 0.0417 e. The lowest BCUT2D eigenvalue weighted by atomic mass is 9.98. The molecule has 0 aliphatic heterocycles. The summed E-state index contributed by atoms with van der Waals surface area (Å²) in [7, 11) is 0. The molecule has 20 heavy (non-hydrogen) atoms. The molecule has 0 aliphatic rings. The molecular weight excluding hydrogens is 334 g/mol. The Morgan fingerprint density at radius 2 is 2.00 bits per heavy atom. The van der Waals surface area contributed by atoms with Crippen LogP contribution in [0, 0.1) is 6.92 Å². The fourth-order valence-corrected chi connectivity index (χ4v) is 3.36. The van der Waals surface area contributed by atoms with Gasteiger partial charge in [0, 0.05) is 15.5 Å². The number of aryl methyl sites for hydroxylation is 1. The molecule has 2 aromatic rings. The Labute approximate surface area is 134 Å². The number of benzene rings is 2. The van der Waals surface area contributed by atoms with Crippen molar-refractivity contribution < 1.29 is 0 Å². The molecule has 0 radical (unpaired) electrons. The van der Waals surface area contributed by atoms with Gasteiger partial charge in [-0.2, -0.15) is 0 Å². The molecule has 2 rings (SSSR count). The van der Waals surface area contributed by atoms with Gasteiger partial charge in [-0.15, -0.1) is 0 Å². The highest BCUT2D eigenvalue weighted by Crippen LogP contribution is 2.29.